The molecule has 3 nitrogen and oxygen atoms in total. The number of aromatic carboxylic acids is 1. The summed E-state index contributed by atoms with van der Waals surface area (Å²) in [4.78, 5) is 10.6. The van der Waals surface area contributed by atoms with Crippen molar-refractivity contribution in [2.75, 3.05) is 7.11 Å². The Morgan fingerprint density at radius 3 is 2.62 bits per heavy atom. The van der Waals surface area contributed by atoms with Crippen LogP contribution in [0.15, 0.2) is 12.1 Å². The van der Waals surface area contributed by atoms with Gasteiger partial charge in [0.1, 0.15) is 5.75 Å². The first-order valence-corrected chi connectivity index (χ1v) is 4.02. The van der Waals surface area contributed by atoms with Crippen LogP contribution in [0.5, 0.6) is 5.75 Å². The lowest BCUT2D eigenvalue weighted by Gasteiger charge is -2.07. The third-order valence-electron chi connectivity index (χ3n) is 1.79. The van der Waals surface area contributed by atoms with Gasteiger partial charge in [0, 0.05) is 5.56 Å². The van der Waals surface area contributed by atoms with Gasteiger partial charge in [-0.25, -0.2) is 4.79 Å². The van der Waals surface area contributed by atoms with Crippen LogP contribution >= 0.6 is 11.6 Å². The molecule has 0 saturated carbocycles. The quantitative estimate of drug-likeness (QED) is 0.797. The van der Waals surface area contributed by atoms with Gasteiger partial charge >= 0.3 is 5.97 Å². The van der Waals surface area contributed by atoms with Gasteiger partial charge in [-0.3, -0.25) is 0 Å². The van der Waals surface area contributed by atoms with E-state index in [1.54, 1.807) is 13.0 Å². The standard InChI is InChI=1S/C9H9ClO3/c1-5-7(13-2)4-3-6(8(5)10)9(11)12/h3-4H,1-2H3,(H,11,12). The summed E-state index contributed by atoms with van der Waals surface area (Å²) in [5, 5.41) is 8.96. The number of carbonyl (C=O) groups is 1. The average Bonchev–Trinajstić information content (AvgIpc) is 2.09. The van der Waals surface area contributed by atoms with Crippen molar-refractivity contribution in [3.63, 3.8) is 0 Å². The predicted octanol–water partition coefficient (Wildman–Crippen LogP) is 2.36. The van der Waals surface area contributed by atoms with Crippen LogP contribution in [0.1, 0.15) is 15.9 Å². The number of carboxylic acid groups (broad SMARTS) is 1. The fourth-order valence-electron chi connectivity index (χ4n) is 1.05. The number of benzene rings is 1. The third kappa shape index (κ3) is 1.75. The van der Waals surface area contributed by atoms with E-state index in [-0.39, 0.29) is 10.6 Å². The molecule has 0 amide bonds. The van der Waals surface area contributed by atoms with E-state index in [1.807, 2.05) is 0 Å². The lowest BCUT2D eigenvalue weighted by atomic mass is 10.1. The predicted molar refractivity (Wildman–Crippen MR) is 49.7 cm³/mol. The number of carboxylic acids is 1. The third-order valence-corrected chi connectivity index (χ3v) is 2.27. The zero-order valence-corrected chi connectivity index (χ0v) is 8.05. The summed E-state index contributed by atoms with van der Waals surface area (Å²) >= 11 is 5.81. The minimum atomic E-state index is -1.03. The molecule has 70 valence electrons. The molecular weight excluding hydrogens is 192 g/mol. The van der Waals surface area contributed by atoms with Crippen LogP contribution in [0.3, 0.4) is 0 Å². The number of rotatable bonds is 2. The van der Waals surface area contributed by atoms with Gasteiger partial charge in [0.2, 0.25) is 0 Å². The highest BCUT2D eigenvalue weighted by Gasteiger charge is 2.13. The smallest absolute Gasteiger partial charge is 0.337 e. The summed E-state index contributed by atoms with van der Waals surface area (Å²) in [6.45, 7) is 1.72. The summed E-state index contributed by atoms with van der Waals surface area (Å²) in [7, 11) is 1.51. The molecule has 1 rings (SSSR count). The first-order chi connectivity index (χ1) is 6.07. The zero-order valence-electron chi connectivity index (χ0n) is 7.30. The molecule has 0 heterocycles. The molecule has 0 spiro atoms. The molecule has 0 aromatic heterocycles. The number of methoxy groups -OCH3 is 1. The SMILES string of the molecule is COc1ccc(C(=O)O)c(Cl)c1C. The number of ether oxygens (including phenoxy) is 1. The van der Waals surface area contributed by atoms with Gasteiger partial charge < -0.3 is 9.84 Å². The van der Waals surface area contributed by atoms with Crippen LogP contribution < -0.4 is 4.74 Å². The maximum absolute atomic E-state index is 10.6. The topological polar surface area (TPSA) is 46.5 Å². The van der Waals surface area contributed by atoms with Crippen LogP contribution in [0.25, 0.3) is 0 Å². The van der Waals surface area contributed by atoms with E-state index in [9.17, 15) is 4.79 Å². The van der Waals surface area contributed by atoms with Gasteiger partial charge in [0.05, 0.1) is 17.7 Å². The first-order valence-electron chi connectivity index (χ1n) is 3.64. The molecule has 1 N–H and O–H groups in total. The van der Waals surface area contributed by atoms with Crippen molar-refractivity contribution >= 4 is 17.6 Å². The van der Waals surface area contributed by atoms with Crippen LogP contribution in [0.4, 0.5) is 0 Å². The lowest BCUT2D eigenvalue weighted by molar-refractivity contribution is 0.0697. The monoisotopic (exact) mass is 200 g/mol. The molecule has 0 bridgehead atoms. The Morgan fingerprint density at radius 2 is 2.15 bits per heavy atom. The van der Waals surface area contributed by atoms with Crippen molar-refractivity contribution in [2.24, 2.45) is 0 Å². The Kier molecular flexibility index (Phi) is 2.78. The highest BCUT2D eigenvalue weighted by molar-refractivity contribution is 6.34. The van der Waals surface area contributed by atoms with Gasteiger partial charge in [0.25, 0.3) is 0 Å². The summed E-state index contributed by atoms with van der Waals surface area (Å²) < 4.78 is 4.98. The molecule has 1 aromatic carbocycles. The maximum Gasteiger partial charge on any atom is 0.337 e. The Hall–Kier alpha value is -1.22. The number of hydrogen-bond acceptors (Lipinski definition) is 2. The fourth-order valence-corrected chi connectivity index (χ4v) is 1.29. The van der Waals surface area contributed by atoms with Gasteiger partial charge in [-0.2, -0.15) is 0 Å². The first kappa shape index (κ1) is 9.86. The van der Waals surface area contributed by atoms with E-state index in [1.165, 1.54) is 13.2 Å². The normalized spacial score (nSPS) is 9.77. The highest BCUT2D eigenvalue weighted by atomic mass is 35.5. The summed E-state index contributed by atoms with van der Waals surface area (Å²) in [6, 6.07) is 3.02. The highest BCUT2D eigenvalue weighted by Crippen LogP contribution is 2.28. The molecule has 0 unspecified atom stereocenters. The van der Waals surface area contributed by atoms with Crippen molar-refractivity contribution in [1.82, 2.24) is 0 Å². The summed E-state index contributed by atoms with van der Waals surface area (Å²) in [5.41, 5.74) is 0.740. The van der Waals surface area contributed by atoms with Crippen molar-refractivity contribution in [3.8, 4) is 5.75 Å². The fraction of sp³-hybridized carbons (Fsp3) is 0.222. The molecule has 0 fully saturated rings. The molecule has 0 aliphatic rings. The maximum atomic E-state index is 10.6. The van der Waals surface area contributed by atoms with Crippen molar-refractivity contribution in [3.05, 3.63) is 28.3 Å². The molecule has 0 radical (unpaired) electrons. The molecule has 0 atom stereocenters. The van der Waals surface area contributed by atoms with Crippen LogP contribution in [0.2, 0.25) is 5.02 Å². The van der Waals surface area contributed by atoms with E-state index in [0.717, 1.165) is 0 Å². The van der Waals surface area contributed by atoms with Gasteiger partial charge in [-0.1, -0.05) is 11.6 Å². The van der Waals surface area contributed by atoms with E-state index in [0.29, 0.717) is 11.3 Å². The zero-order chi connectivity index (χ0) is 10.0. The van der Waals surface area contributed by atoms with Gasteiger partial charge in [-0.05, 0) is 19.1 Å². The second-order valence-electron chi connectivity index (χ2n) is 2.56. The van der Waals surface area contributed by atoms with E-state index in [4.69, 9.17) is 21.4 Å². The minimum absolute atomic E-state index is 0.0972. The van der Waals surface area contributed by atoms with Crippen LogP contribution in [0, 0.1) is 6.92 Å². The molecule has 1 aromatic rings. The molecule has 0 saturated heterocycles. The Bertz CT molecular complexity index is 347. The van der Waals surface area contributed by atoms with Crippen molar-refractivity contribution in [1.29, 1.82) is 0 Å². The van der Waals surface area contributed by atoms with Crippen LogP contribution in [-0.4, -0.2) is 18.2 Å². The molecule has 4 heteroatoms. The Morgan fingerprint density at radius 1 is 1.54 bits per heavy atom. The molecular formula is C9H9ClO3. The second-order valence-corrected chi connectivity index (χ2v) is 2.94. The molecule has 0 aliphatic heterocycles. The molecule has 13 heavy (non-hydrogen) atoms. The minimum Gasteiger partial charge on any atom is -0.496 e. The van der Waals surface area contributed by atoms with Crippen LogP contribution in [-0.2, 0) is 0 Å². The van der Waals surface area contributed by atoms with Crippen molar-refractivity contribution in [2.45, 2.75) is 6.92 Å². The van der Waals surface area contributed by atoms with Crippen molar-refractivity contribution < 1.29 is 14.6 Å². The molecule has 0 aliphatic carbocycles. The summed E-state index contributed by atoms with van der Waals surface area (Å²) in [5.74, 6) is -0.439. The Labute approximate surface area is 80.9 Å². The average molecular weight is 201 g/mol. The Balaban J connectivity index is 3.31. The van der Waals surface area contributed by atoms with E-state index < -0.39 is 5.97 Å². The second kappa shape index (κ2) is 3.66. The lowest BCUT2D eigenvalue weighted by Crippen LogP contribution is -1.99. The largest absolute Gasteiger partial charge is 0.496 e. The summed E-state index contributed by atoms with van der Waals surface area (Å²) in [6.07, 6.45) is 0. The number of halogens is 1. The van der Waals surface area contributed by atoms with Gasteiger partial charge in [-0.15, -0.1) is 0 Å². The number of hydrogen-bond donors (Lipinski definition) is 1. The van der Waals surface area contributed by atoms with Gasteiger partial charge in [0.15, 0.2) is 0 Å². The van der Waals surface area contributed by atoms with E-state index in [2.05, 4.69) is 0 Å². The van der Waals surface area contributed by atoms with E-state index >= 15 is 0 Å².